The first-order valence-electron chi connectivity index (χ1n) is 4.08. The second kappa shape index (κ2) is 7.25. The Bertz CT molecular complexity index is 54.4. The van der Waals surface area contributed by atoms with Gasteiger partial charge in [0.15, 0.2) is 6.29 Å². The van der Waals surface area contributed by atoms with Crippen LogP contribution in [0.1, 0.15) is 13.8 Å². The SMILES string of the molecule is CCOC(C[SiH2]C)OCC. The summed E-state index contributed by atoms with van der Waals surface area (Å²) in [5, 5.41) is 0. The molecular weight excluding hydrogens is 144 g/mol. The van der Waals surface area contributed by atoms with E-state index in [1.807, 2.05) is 13.8 Å². The summed E-state index contributed by atoms with van der Waals surface area (Å²) >= 11 is 0. The van der Waals surface area contributed by atoms with Crippen LogP contribution in [0.25, 0.3) is 0 Å². The van der Waals surface area contributed by atoms with E-state index in [0.717, 1.165) is 19.3 Å². The molecule has 0 N–H and O–H groups in total. The molecule has 0 rings (SSSR count). The van der Waals surface area contributed by atoms with E-state index in [0.29, 0.717) is 0 Å². The van der Waals surface area contributed by atoms with Crippen molar-refractivity contribution in [2.75, 3.05) is 13.2 Å². The van der Waals surface area contributed by atoms with Gasteiger partial charge in [-0.15, -0.1) is 0 Å². The van der Waals surface area contributed by atoms with Crippen LogP contribution in [-0.2, 0) is 9.47 Å². The molecule has 2 nitrogen and oxygen atoms in total. The van der Waals surface area contributed by atoms with Crippen LogP contribution in [0.4, 0.5) is 0 Å². The van der Waals surface area contributed by atoms with Crippen LogP contribution in [0, 0.1) is 0 Å². The minimum absolute atomic E-state index is 0.0759. The Labute approximate surface area is 65.7 Å². The Morgan fingerprint density at radius 3 is 2.00 bits per heavy atom. The smallest absolute Gasteiger partial charge is 0.154 e. The molecule has 0 aromatic carbocycles. The van der Waals surface area contributed by atoms with Gasteiger partial charge in [0.1, 0.15) is 0 Å². The Hall–Kier alpha value is 0.137. The molecule has 0 saturated heterocycles. The highest BCUT2D eigenvalue weighted by Crippen LogP contribution is 1.99. The van der Waals surface area contributed by atoms with Gasteiger partial charge in [-0.1, -0.05) is 6.55 Å². The molecule has 0 bridgehead atoms. The van der Waals surface area contributed by atoms with E-state index in [1.54, 1.807) is 0 Å². The molecule has 0 amide bonds. The fourth-order valence-electron chi connectivity index (χ4n) is 0.822. The Morgan fingerprint density at radius 2 is 1.70 bits per heavy atom. The van der Waals surface area contributed by atoms with Gasteiger partial charge in [-0.25, -0.2) is 0 Å². The lowest BCUT2D eigenvalue weighted by atomic mass is 10.7. The van der Waals surface area contributed by atoms with Crippen molar-refractivity contribution in [3.8, 4) is 0 Å². The van der Waals surface area contributed by atoms with E-state index in [9.17, 15) is 0 Å². The van der Waals surface area contributed by atoms with E-state index in [1.165, 1.54) is 0 Å². The molecule has 0 unspecified atom stereocenters. The third-order valence-electron chi connectivity index (χ3n) is 1.23. The monoisotopic (exact) mass is 162 g/mol. The van der Waals surface area contributed by atoms with Gasteiger partial charge in [0, 0.05) is 22.7 Å². The molecule has 0 aliphatic carbocycles. The average molecular weight is 162 g/mol. The minimum Gasteiger partial charge on any atom is -0.353 e. The first kappa shape index (κ1) is 10.1. The quantitative estimate of drug-likeness (QED) is 0.429. The number of ether oxygens (including phenoxy) is 2. The average Bonchev–Trinajstić information content (AvgIpc) is 1.90. The predicted octanol–water partition coefficient (Wildman–Crippen LogP) is 1.02. The standard InChI is InChI=1S/C7H18O2Si/c1-4-8-7(6-10-3)9-5-2/h7H,4-6,10H2,1-3H3. The molecule has 0 aliphatic heterocycles. The Balaban J connectivity index is 3.30. The predicted molar refractivity (Wildman–Crippen MR) is 46.3 cm³/mol. The van der Waals surface area contributed by atoms with E-state index >= 15 is 0 Å². The van der Waals surface area contributed by atoms with Crippen molar-refractivity contribution < 1.29 is 9.47 Å². The van der Waals surface area contributed by atoms with Crippen molar-refractivity contribution in [1.29, 1.82) is 0 Å². The van der Waals surface area contributed by atoms with Gasteiger partial charge >= 0.3 is 0 Å². The van der Waals surface area contributed by atoms with Crippen LogP contribution < -0.4 is 0 Å². The molecule has 62 valence electrons. The maximum Gasteiger partial charge on any atom is 0.154 e. The Morgan fingerprint density at radius 1 is 1.20 bits per heavy atom. The molecule has 0 aromatic rings. The molecule has 3 heteroatoms. The zero-order valence-corrected chi connectivity index (χ0v) is 8.64. The van der Waals surface area contributed by atoms with Crippen molar-refractivity contribution in [3.05, 3.63) is 0 Å². The fraction of sp³-hybridized carbons (Fsp3) is 1.00. The number of hydrogen-bond donors (Lipinski definition) is 0. The lowest BCUT2D eigenvalue weighted by molar-refractivity contribution is -0.123. The van der Waals surface area contributed by atoms with Crippen LogP contribution in [0.5, 0.6) is 0 Å². The normalized spacial score (nSPS) is 12.0. The fourth-order valence-corrected chi connectivity index (χ4v) is 1.63. The van der Waals surface area contributed by atoms with Crippen LogP contribution in [-0.4, -0.2) is 29.0 Å². The summed E-state index contributed by atoms with van der Waals surface area (Å²) in [7, 11) is 0.0759. The highest BCUT2D eigenvalue weighted by Gasteiger charge is 2.04. The van der Waals surface area contributed by atoms with Crippen molar-refractivity contribution in [2.45, 2.75) is 32.7 Å². The highest BCUT2D eigenvalue weighted by atomic mass is 28.2. The maximum absolute atomic E-state index is 5.34. The zero-order valence-electron chi connectivity index (χ0n) is 7.22. The molecule has 0 fully saturated rings. The summed E-state index contributed by atoms with van der Waals surface area (Å²) in [4.78, 5) is 0. The third-order valence-corrected chi connectivity index (χ3v) is 2.28. The largest absolute Gasteiger partial charge is 0.353 e. The van der Waals surface area contributed by atoms with E-state index in [2.05, 4.69) is 6.55 Å². The van der Waals surface area contributed by atoms with Gasteiger partial charge < -0.3 is 9.47 Å². The van der Waals surface area contributed by atoms with Gasteiger partial charge in [-0.2, -0.15) is 0 Å². The topological polar surface area (TPSA) is 18.5 Å². The molecule has 0 heterocycles. The molecule has 0 aromatic heterocycles. The van der Waals surface area contributed by atoms with Gasteiger partial charge in [-0.3, -0.25) is 0 Å². The van der Waals surface area contributed by atoms with Gasteiger partial charge in [-0.05, 0) is 19.9 Å². The van der Waals surface area contributed by atoms with E-state index in [-0.39, 0.29) is 15.8 Å². The third kappa shape index (κ3) is 4.96. The number of hydrogen-bond acceptors (Lipinski definition) is 2. The maximum atomic E-state index is 5.34. The van der Waals surface area contributed by atoms with Crippen LogP contribution in [0.15, 0.2) is 0 Å². The zero-order chi connectivity index (χ0) is 7.82. The summed E-state index contributed by atoms with van der Waals surface area (Å²) in [6.07, 6.45) is 0.0895. The molecule has 0 saturated carbocycles. The first-order chi connectivity index (χ1) is 4.85. The van der Waals surface area contributed by atoms with Crippen molar-refractivity contribution in [3.63, 3.8) is 0 Å². The second-order valence-electron chi connectivity index (χ2n) is 2.13. The van der Waals surface area contributed by atoms with Gasteiger partial charge in [0.25, 0.3) is 0 Å². The van der Waals surface area contributed by atoms with Crippen LogP contribution >= 0.6 is 0 Å². The summed E-state index contributed by atoms with van der Waals surface area (Å²) in [5.74, 6) is 0. The molecule has 10 heavy (non-hydrogen) atoms. The number of rotatable bonds is 6. The van der Waals surface area contributed by atoms with Crippen LogP contribution in [0.2, 0.25) is 12.6 Å². The molecule has 0 radical (unpaired) electrons. The summed E-state index contributed by atoms with van der Waals surface area (Å²) in [6, 6.07) is 1.14. The first-order valence-corrected chi connectivity index (χ1v) is 6.49. The Kier molecular flexibility index (Phi) is 7.35. The van der Waals surface area contributed by atoms with Crippen molar-refractivity contribution >= 4 is 9.52 Å². The summed E-state index contributed by atoms with van der Waals surface area (Å²) < 4.78 is 10.7. The lowest BCUT2D eigenvalue weighted by Crippen LogP contribution is -2.18. The summed E-state index contributed by atoms with van der Waals surface area (Å²) in [5.41, 5.74) is 0. The summed E-state index contributed by atoms with van der Waals surface area (Å²) in [6.45, 7) is 7.80. The molecular formula is C7H18O2Si. The van der Waals surface area contributed by atoms with E-state index in [4.69, 9.17) is 9.47 Å². The van der Waals surface area contributed by atoms with Gasteiger partial charge in [0.2, 0.25) is 0 Å². The second-order valence-corrected chi connectivity index (χ2v) is 3.71. The van der Waals surface area contributed by atoms with Gasteiger partial charge in [0.05, 0.1) is 0 Å². The highest BCUT2D eigenvalue weighted by molar-refractivity contribution is 6.33. The minimum atomic E-state index is 0.0759. The van der Waals surface area contributed by atoms with Crippen LogP contribution in [0.3, 0.4) is 0 Å². The molecule has 0 atom stereocenters. The van der Waals surface area contributed by atoms with Crippen molar-refractivity contribution in [1.82, 2.24) is 0 Å². The molecule has 0 aliphatic rings. The molecule has 0 spiro atoms. The lowest BCUT2D eigenvalue weighted by Gasteiger charge is -2.15. The van der Waals surface area contributed by atoms with Crippen molar-refractivity contribution in [2.24, 2.45) is 0 Å². The van der Waals surface area contributed by atoms with E-state index < -0.39 is 0 Å².